The molecule has 0 spiro atoms. The first-order valence-electron chi connectivity index (χ1n) is 6.30. The van der Waals surface area contributed by atoms with Crippen LogP contribution in [-0.2, 0) is 0 Å². The monoisotopic (exact) mass is 276 g/mol. The maximum Gasteiger partial charge on any atom is 0.147 e. The first-order valence-corrected chi connectivity index (χ1v) is 7.07. The molecule has 0 amide bonds. The molecule has 0 saturated carbocycles. The van der Waals surface area contributed by atoms with Crippen LogP contribution in [0.3, 0.4) is 0 Å². The van der Waals surface area contributed by atoms with Gasteiger partial charge in [0.05, 0.1) is 5.56 Å². The average Bonchev–Trinajstić information content (AvgIpc) is 2.78. The number of aromatic nitrogens is 1. The van der Waals surface area contributed by atoms with Crippen molar-refractivity contribution in [3.8, 4) is 11.1 Å². The molecule has 0 fully saturated rings. The van der Waals surface area contributed by atoms with Gasteiger partial charge in [0, 0.05) is 12.6 Å². The minimum Gasteiger partial charge on any atom is -0.382 e. The summed E-state index contributed by atoms with van der Waals surface area (Å²) in [5, 5.41) is 4.49. The number of nitrogens with zero attached hydrogens (tertiary/aromatic N) is 2. The highest BCUT2D eigenvalue weighted by Gasteiger charge is 2.14. The van der Waals surface area contributed by atoms with Gasteiger partial charge in [0.15, 0.2) is 0 Å². The summed E-state index contributed by atoms with van der Waals surface area (Å²) in [5.41, 5.74) is 8.10. The smallest absolute Gasteiger partial charge is 0.147 e. The van der Waals surface area contributed by atoms with Gasteiger partial charge in [-0.3, -0.25) is 0 Å². The lowest BCUT2D eigenvalue weighted by atomic mass is 10.1. The first-order chi connectivity index (χ1) is 9.09. The zero-order valence-electron chi connectivity index (χ0n) is 11.6. The van der Waals surface area contributed by atoms with E-state index in [0.29, 0.717) is 11.9 Å². The van der Waals surface area contributed by atoms with Crippen LogP contribution in [0.15, 0.2) is 30.3 Å². The molecule has 0 bridgehead atoms. The summed E-state index contributed by atoms with van der Waals surface area (Å²) in [4.78, 5) is 2.18. The van der Waals surface area contributed by atoms with Crippen LogP contribution in [0.5, 0.6) is 0 Å². The normalized spacial score (nSPS) is 12.6. The Labute approximate surface area is 118 Å². The summed E-state index contributed by atoms with van der Waals surface area (Å²) in [6, 6.07) is 10.6. The molecule has 3 N–H and O–H groups in total. The number of nitrogens with two attached hydrogens (primary N) is 1. The van der Waals surface area contributed by atoms with Crippen molar-refractivity contribution in [3.63, 3.8) is 0 Å². The molecule has 1 atom stereocenters. The molecule has 1 unspecified atom stereocenters. The molecule has 2 aromatic rings. The molecule has 102 valence electrons. The highest BCUT2D eigenvalue weighted by molar-refractivity contribution is 7.11. The van der Waals surface area contributed by atoms with Crippen molar-refractivity contribution in [2.75, 3.05) is 31.7 Å². The molecule has 0 aliphatic carbocycles. The van der Waals surface area contributed by atoms with Crippen molar-refractivity contribution in [2.24, 2.45) is 0 Å². The molecule has 19 heavy (non-hydrogen) atoms. The van der Waals surface area contributed by atoms with Crippen molar-refractivity contribution in [2.45, 2.75) is 13.0 Å². The van der Waals surface area contributed by atoms with E-state index in [4.69, 9.17) is 5.73 Å². The summed E-state index contributed by atoms with van der Waals surface area (Å²) < 4.78 is 4.26. The zero-order valence-corrected chi connectivity index (χ0v) is 12.4. The standard InChI is InChI=1S/C14H20N4S/c1-10(18(2)3)9-16-14-12(13(15)17-19-14)11-7-5-4-6-8-11/h4-8,10,16H,9H2,1-3H3,(H2,15,17). The minimum absolute atomic E-state index is 0.451. The summed E-state index contributed by atoms with van der Waals surface area (Å²) in [5.74, 6) is 0.594. The van der Waals surface area contributed by atoms with Gasteiger partial charge < -0.3 is 16.0 Å². The molecule has 0 aliphatic heterocycles. The van der Waals surface area contributed by atoms with Crippen LogP contribution < -0.4 is 11.1 Å². The second-order valence-corrected chi connectivity index (χ2v) is 5.60. The van der Waals surface area contributed by atoms with E-state index in [2.05, 4.69) is 47.7 Å². The van der Waals surface area contributed by atoms with Crippen LogP contribution >= 0.6 is 11.5 Å². The van der Waals surface area contributed by atoms with Gasteiger partial charge in [-0.05, 0) is 38.1 Å². The Hall–Kier alpha value is -1.59. The molecule has 0 radical (unpaired) electrons. The van der Waals surface area contributed by atoms with Crippen LogP contribution in [0, 0.1) is 0 Å². The Morgan fingerprint density at radius 1 is 1.32 bits per heavy atom. The molecule has 2 rings (SSSR count). The van der Waals surface area contributed by atoms with E-state index in [9.17, 15) is 0 Å². The summed E-state index contributed by atoms with van der Waals surface area (Å²) in [6.07, 6.45) is 0. The third-order valence-corrected chi connectivity index (χ3v) is 4.04. The van der Waals surface area contributed by atoms with E-state index in [1.54, 1.807) is 0 Å². The maximum absolute atomic E-state index is 5.99. The molecule has 1 heterocycles. The topological polar surface area (TPSA) is 54.2 Å². The number of hydrogen-bond acceptors (Lipinski definition) is 5. The van der Waals surface area contributed by atoms with Crippen LogP contribution in [0.1, 0.15) is 6.92 Å². The average molecular weight is 276 g/mol. The van der Waals surface area contributed by atoms with Crippen LogP contribution in [0.25, 0.3) is 11.1 Å². The third-order valence-electron chi connectivity index (χ3n) is 3.22. The Morgan fingerprint density at radius 2 is 2.00 bits per heavy atom. The van der Waals surface area contributed by atoms with Crippen molar-refractivity contribution < 1.29 is 0 Å². The molecule has 0 aliphatic rings. The summed E-state index contributed by atoms with van der Waals surface area (Å²) in [7, 11) is 4.15. The number of anilines is 2. The largest absolute Gasteiger partial charge is 0.382 e. The number of nitrogen functional groups attached to an aromatic ring is 1. The summed E-state index contributed by atoms with van der Waals surface area (Å²) in [6.45, 7) is 3.05. The molecule has 1 aromatic heterocycles. The number of rotatable bonds is 5. The van der Waals surface area contributed by atoms with Gasteiger partial charge in [-0.25, -0.2) is 0 Å². The number of benzene rings is 1. The second kappa shape index (κ2) is 6.04. The predicted octanol–water partition coefficient (Wildman–Crippen LogP) is 2.75. The van der Waals surface area contributed by atoms with Crippen molar-refractivity contribution in [1.29, 1.82) is 0 Å². The van der Waals surface area contributed by atoms with Crippen LogP contribution in [0.4, 0.5) is 10.8 Å². The summed E-state index contributed by atoms with van der Waals surface area (Å²) >= 11 is 1.42. The zero-order chi connectivity index (χ0) is 13.8. The third kappa shape index (κ3) is 3.24. The molecule has 0 saturated heterocycles. The van der Waals surface area contributed by atoms with E-state index in [-0.39, 0.29) is 0 Å². The highest BCUT2D eigenvalue weighted by Crippen LogP contribution is 2.36. The minimum atomic E-state index is 0.451. The molecular formula is C14H20N4S. The fourth-order valence-electron chi connectivity index (χ4n) is 1.73. The SMILES string of the molecule is CC(CNc1snc(N)c1-c1ccccc1)N(C)C. The number of nitrogens with one attached hydrogen (secondary N) is 1. The lowest BCUT2D eigenvalue weighted by molar-refractivity contribution is 0.326. The van der Waals surface area contributed by atoms with Gasteiger partial charge in [-0.2, -0.15) is 4.37 Å². The van der Waals surface area contributed by atoms with Crippen molar-refractivity contribution in [3.05, 3.63) is 30.3 Å². The number of likely N-dealkylation sites (N-methyl/N-ethyl adjacent to an activating group) is 1. The fraction of sp³-hybridized carbons (Fsp3) is 0.357. The van der Waals surface area contributed by atoms with Gasteiger partial charge in [0.25, 0.3) is 0 Å². The van der Waals surface area contributed by atoms with Gasteiger partial charge in [0.1, 0.15) is 10.8 Å². The first kappa shape index (κ1) is 13.8. The fourth-order valence-corrected chi connectivity index (χ4v) is 2.47. The Balaban J connectivity index is 2.19. The second-order valence-electron chi connectivity index (χ2n) is 4.83. The quantitative estimate of drug-likeness (QED) is 0.881. The molecule has 4 nitrogen and oxygen atoms in total. The molecular weight excluding hydrogens is 256 g/mol. The van der Waals surface area contributed by atoms with Gasteiger partial charge in [-0.1, -0.05) is 30.3 Å². The van der Waals surface area contributed by atoms with Crippen LogP contribution in [-0.4, -0.2) is 36.0 Å². The van der Waals surface area contributed by atoms with Crippen molar-refractivity contribution in [1.82, 2.24) is 9.27 Å². The van der Waals surface area contributed by atoms with E-state index in [0.717, 1.165) is 22.7 Å². The number of hydrogen-bond donors (Lipinski definition) is 2. The Bertz CT molecular complexity index is 521. The molecule has 5 heteroatoms. The van der Waals surface area contributed by atoms with Crippen LogP contribution in [0.2, 0.25) is 0 Å². The lowest BCUT2D eigenvalue weighted by Gasteiger charge is -2.20. The van der Waals surface area contributed by atoms with E-state index in [1.165, 1.54) is 11.5 Å². The van der Waals surface area contributed by atoms with Crippen molar-refractivity contribution >= 4 is 22.4 Å². The van der Waals surface area contributed by atoms with Gasteiger partial charge in [0.2, 0.25) is 0 Å². The Morgan fingerprint density at radius 3 is 2.63 bits per heavy atom. The Kier molecular flexibility index (Phi) is 4.39. The van der Waals surface area contributed by atoms with Gasteiger partial charge >= 0.3 is 0 Å². The highest BCUT2D eigenvalue weighted by atomic mass is 32.1. The van der Waals surface area contributed by atoms with Gasteiger partial charge in [-0.15, -0.1) is 0 Å². The maximum atomic E-state index is 5.99. The van der Waals surface area contributed by atoms with E-state index in [1.807, 2.05) is 18.2 Å². The lowest BCUT2D eigenvalue weighted by Crippen LogP contribution is -2.31. The molecule has 1 aromatic carbocycles. The predicted molar refractivity (Wildman–Crippen MR) is 83.6 cm³/mol. The van der Waals surface area contributed by atoms with E-state index >= 15 is 0 Å². The van der Waals surface area contributed by atoms with E-state index < -0.39 is 0 Å².